The van der Waals surface area contributed by atoms with E-state index in [2.05, 4.69) is 5.32 Å². The van der Waals surface area contributed by atoms with Crippen molar-refractivity contribution in [3.05, 3.63) is 60.2 Å². The summed E-state index contributed by atoms with van der Waals surface area (Å²) in [5, 5.41) is 2.89. The van der Waals surface area contributed by atoms with Crippen molar-refractivity contribution in [2.45, 2.75) is 12.8 Å². The molecule has 0 aliphatic heterocycles. The number of rotatable bonds is 8. The van der Waals surface area contributed by atoms with Crippen molar-refractivity contribution in [1.29, 1.82) is 0 Å². The molecule has 0 bridgehead atoms. The lowest BCUT2D eigenvalue weighted by Crippen LogP contribution is -2.27. The van der Waals surface area contributed by atoms with E-state index in [0.717, 1.165) is 23.5 Å². The Bertz CT molecular complexity index is 584. The average molecular weight is 299 g/mol. The molecule has 2 aromatic carbocycles. The molecular formula is C18H21NO3. The normalized spacial score (nSPS) is 10.0. The third-order valence-corrected chi connectivity index (χ3v) is 3.25. The van der Waals surface area contributed by atoms with Gasteiger partial charge in [-0.05, 0) is 30.2 Å². The fraction of sp³-hybridized carbons (Fsp3) is 0.278. The van der Waals surface area contributed by atoms with Crippen molar-refractivity contribution in [2.75, 3.05) is 20.3 Å². The summed E-state index contributed by atoms with van der Waals surface area (Å²) >= 11 is 0. The van der Waals surface area contributed by atoms with E-state index >= 15 is 0 Å². The molecule has 0 aliphatic rings. The topological polar surface area (TPSA) is 47.6 Å². The predicted octanol–water partition coefficient (Wildman–Crippen LogP) is 2.82. The van der Waals surface area contributed by atoms with Gasteiger partial charge in [0.25, 0.3) is 0 Å². The minimum Gasteiger partial charge on any atom is -0.496 e. The van der Waals surface area contributed by atoms with Crippen molar-refractivity contribution >= 4 is 5.91 Å². The predicted molar refractivity (Wildman–Crippen MR) is 86.3 cm³/mol. The first-order valence-corrected chi connectivity index (χ1v) is 7.36. The van der Waals surface area contributed by atoms with Gasteiger partial charge in [0.05, 0.1) is 20.1 Å². The number of carbonyl (C=O) groups is 1. The molecule has 4 nitrogen and oxygen atoms in total. The molecule has 22 heavy (non-hydrogen) atoms. The maximum absolute atomic E-state index is 11.8. The van der Waals surface area contributed by atoms with Gasteiger partial charge in [0.2, 0.25) is 5.91 Å². The number of hydrogen-bond acceptors (Lipinski definition) is 3. The van der Waals surface area contributed by atoms with Crippen LogP contribution in [-0.4, -0.2) is 26.2 Å². The first-order chi connectivity index (χ1) is 10.8. The summed E-state index contributed by atoms with van der Waals surface area (Å²) in [6.45, 7) is 0.967. The highest BCUT2D eigenvalue weighted by Crippen LogP contribution is 2.17. The standard InChI is InChI=1S/C18H21NO3/c1-21-17-10-6-5-7-15(17)11-13-19-18(20)12-14-22-16-8-3-2-4-9-16/h2-10H,11-14H2,1H3,(H,19,20). The van der Waals surface area contributed by atoms with Gasteiger partial charge < -0.3 is 14.8 Å². The van der Waals surface area contributed by atoms with Crippen LogP contribution in [-0.2, 0) is 11.2 Å². The molecular weight excluding hydrogens is 278 g/mol. The molecule has 4 heteroatoms. The first-order valence-electron chi connectivity index (χ1n) is 7.36. The highest BCUT2D eigenvalue weighted by molar-refractivity contribution is 5.76. The zero-order valence-corrected chi connectivity index (χ0v) is 12.7. The number of carbonyl (C=O) groups excluding carboxylic acids is 1. The van der Waals surface area contributed by atoms with Crippen LogP contribution in [0.25, 0.3) is 0 Å². The van der Waals surface area contributed by atoms with E-state index in [1.165, 1.54) is 0 Å². The SMILES string of the molecule is COc1ccccc1CCNC(=O)CCOc1ccccc1. The minimum absolute atomic E-state index is 0.00849. The summed E-state index contributed by atoms with van der Waals surface area (Å²) in [7, 11) is 1.65. The van der Waals surface area contributed by atoms with E-state index in [0.29, 0.717) is 19.6 Å². The van der Waals surface area contributed by atoms with Crippen LogP contribution in [0, 0.1) is 0 Å². The summed E-state index contributed by atoms with van der Waals surface area (Å²) in [6.07, 6.45) is 1.09. The molecule has 0 radical (unpaired) electrons. The fourth-order valence-corrected chi connectivity index (χ4v) is 2.11. The molecule has 0 aromatic heterocycles. The molecule has 0 aliphatic carbocycles. The highest BCUT2D eigenvalue weighted by Gasteiger charge is 2.04. The van der Waals surface area contributed by atoms with E-state index in [1.54, 1.807) is 7.11 Å². The molecule has 0 spiro atoms. The Labute approximate surface area is 131 Å². The Balaban J connectivity index is 1.65. The van der Waals surface area contributed by atoms with Gasteiger partial charge in [-0.3, -0.25) is 4.79 Å². The number of nitrogens with one attached hydrogen (secondary N) is 1. The molecule has 1 N–H and O–H groups in total. The van der Waals surface area contributed by atoms with Crippen molar-refractivity contribution in [1.82, 2.24) is 5.32 Å². The van der Waals surface area contributed by atoms with E-state index in [9.17, 15) is 4.79 Å². The maximum atomic E-state index is 11.8. The molecule has 1 amide bonds. The third kappa shape index (κ3) is 5.13. The van der Waals surface area contributed by atoms with Gasteiger partial charge in [-0.1, -0.05) is 36.4 Å². The van der Waals surface area contributed by atoms with Crippen LogP contribution in [0.4, 0.5) is 0 Å². The number of benzene rings is 2. The molecule has 0 fully saturated rings. The fourth-order valence-electron chi connectivity index (χ4n) is 2.11. The van der Waals surface area contributed by atoms with Crippen molar-refractivity contribution in [2.24, 2.45) is 0 Å². The number of hydrogen-bond donors (Lipinski definition) is 1. The lowest BCUT2D eigenvalue weighted by Gasteiger charge is -2.09. The highest BCUT2D eigenvalue weighted by atomic mass is 16.5. The second-order valence-electron chi connectivity index (χ2n) is 4.82. The second-order valence-corrected chi connectivity index (χ2v) is 4.82. The van der Waals surface area contributed by atoms with Crippen molar-refractivity contribution in [3.8, 4) is 11.5 Å². The minimum atomic E-state index is -0.00849. The second kappa shape index (κ2) is 8.72. The first kappa shape index (κ1) is 15.9. The Morgan fingerprint density at radius 1 is 1.05 bits per heavy atom. The van der Waals surface area contributed by atoms with Gasteiger partial charge in [0, 0.05) is 6.54 Å². The van der Waals surface area contributed by atoms with Gasteiger partial charge in [0.1, 0.15) is 11.5 Å². The summed E-state index contributed by atoms with van der Waals surface area (Å²) in [6, 6.07) is 17.3. The Morgan fingerprint density at radius 2 is 1.77 bits per heavy atom. The van der Waals surface area contributed by atoms with Crippen LogP contribution in [0.3, 0.4) is 0 Å². The smallest absolute Gasteiger partial charge is 0.223 e. The van der Waals surface area contributed by atoms with Crippen LogP contribution < -0.4 is 14.8 Å². The lowest BCUT2D eigenvalue weighted by atomic mass is 10.1. The number of methoxy groups -OCH3 is 1. The van der Waals surface area contributed by atoms with Crippen LogP contribution in [0.2, 0.25) is 0 Å². The largest absolute Gasteiger partial charge is 0.496 e. The molecule has 0 saturated carbocycles. The maximum Gasteiger partial charge on any atom is 0.223 e. The monoisotopic (exact) mass is 299 g/mol. The number of ether oxygens (including phenoxy) is 2. The van der Waals surface area contributed by atoms with Crippen molar-refractivity contribution < 1.29 is 14.3 Å². The summed E-state index contributed by atoms with van der Waals surface area (Å²) in [4.78, 5) is 11.8. The Kier molecular flexibility index (Phi) is 6.30. The Hall–Kier alpha value is -2.49. The van der Waals surface area contributed by atoms with E-state index < -0.39 is 0 Å². The summed E-state index contributed by atoms with van der Waals surface area (Å²) in [5.41, 5.74) is 1.09. The van der Waals surface area contributed by atoms with Gasteiger partial charge in [0.15, 0.2) is 0 Å². The van der Waals surface area contributed by atoms with Crippen LogP contribution in [0.1, 0.15) is 12.0 Å². The van der Waals surface area contributed by atoms with E-state index in [4.69, 9.17) is 9.47 Å². The molecule has 0 atom stereocenters. The van der Waals surface area contributed by atoms with Crippen LogP contribution in [0.15, 0.2) is 54.6 Å². The van der Waals surface area contributed by atoms with Crippen molar-refractivity contribution in [3.63, 3.8) is 0 Å². The zero-order valence-electron chi connectivity index (χ0n) is 12.7. The van der Waals surface area contributed by atoms with E-state index in [1.807, 2.05) is 54.6 Å². The van der Waals surface area contributed by atoms with Gasteiger partial charge >= 0.3 is 0 Å². The lowest BCUT2D eigenvalue weighted by molar-refractivity contribution is -0.121. The number of para-hydroxylation sites is 2. The molecule has 0 unspecified atom stereocenters. The van der Waals surface area contributed by atoms with Crippen LogP contribution >= 0.6 is 0 Å². The number of amides is 1. The average Bonchev–Trinajstić information content (AvgIpc) is 2.56. The molecule has 0 heterocycles. The zero-order chi connectivity index (χ0) is 15.6. The molecule has 2 aromatic rings. The third-order valence-electron chi connectivity index (χ3n) is 3.25. The summed E-state index contributed by atoms with van der Waals surface area (Å²) < 4.78 is 10.8. The van der Waals surface area contributed by atoms with Gasteiger partial charge in [-0.15, -0.1) is 0 Å². The summed E-state index contributed by atoms with van der Waals surface area (Å²) in [5.74, 6) is 1.62. The van der Waals surface area contributed by atoms with E-state index in [-0.39, 0.29) is 5.91 Å². The van der Waals surface area contributed by atoms with Gasteiger partial charge in [-0.25, -0.2) is 0 Å². The van der Waals surface area contributed by atoms with Gasteiger partial charge in [-0.2, -0.15) is 0 Å². The molecule has 2 rings (SSSR count). The quantitative estimate of drug-likeness (QED) is 0.815. The molecule has 116 valence electrons. The molecule has 0 saturated heterocycles. The van der Waals surface area contributed by atoms with Crippen LogP contribution in [0.5, 0.6) is 11.5 Å². The Morgan fingerprint density at radius 3 is 2.55 bits per heavy atom.